The van der Waals surface area contributed by atoms with Crippen LogP contribution >= 0.6 is 0 Å². The number of aromatic nitrogens is 1. The van der Waals surface area contributed by atoms with Gasteiger partial charge in [0.05, 0.1) is 0 Å². The number of rotatable bonds is 5. The predicted octanol–water partition coefficient (Wildman–Crippen LogP) is 2.75. The highest BCUT2D eigenvalue weighted by atomic mass is 14.7. The third-order valence-corrected chi connectivity index (χ3v) is 2.37. The molecule has 2 nitrogen and oxygen atoms in total. The number of pyridine rings is 1. The van der Waals surface area contributed by atoms with Gasteiger partial charge in [0.25, 0.3) is 0 Å². The minimum atomic E-state index is 0.114. The van der Waals surface area contributed by atoms with E-state index >= 15 is 0 Å². The van der Waals surface area contributed by atoms with Crippen molar-refractivity contribution in [1.82, 2.24) is 4.98 Å². The van der Waals surface area contributed by atoms with Gasteiger partial charge in [0.2, 0.25) is 0 Å². The lowest BCUT2D eigenvalue weighted by Gasteiger charge is -2.12. The first kappa shape index (κ1) is 10.9. The molecular formula is C12H18N2. The summed E-state index contributed by atoms with van der Waals surface area (Å²) in [6.45, 7) is 5.70. The quantitative estimate of drug-likeness (QED) is 0.572. The highest BCUT2D eigenvalue weighted by Crippen LogP contribution is 2.18. The first-order valence-electron chi connectivity index (χ1n) is 5.03. The van der Waals surface area contributed by atoms with Crippen LogP contribution in [-0.4, -0.2) is 4.98 Å². The van der Waals surface area contributed by atoms with Crippen molar-refractivity contribution in [3.05, 3.63) is 42.2 Å². The van der Waals surface area contributed by atoms with Crippen LogP contribution in [0.4, 0.5) is 0 Å². The summed E-state index contributed by atoms with van der Waals surface area (Å²) >= 11 is 0. The molecule has 1 unspecified atom stereocenters. The van der Waals surface area contributed by atoms with Gasteiger partial charge in [-0.3, -0.25) is 4.98 Å². The Kier molecular flexibility index (Phi) is 4.33. The van der Waals surface area contributed by atoms with Gasteiger partial charge in [-0.1, -0.05) is 12.1 Å². The summed E-state index contributed by atoms with van der Waals surface area (Å²) in [7, 11) is 0. The van der Waals surface area contributed by atoms with Crippen LogP contribution in [0.2, 0.25) is 0 Å². The van der Waals surface area contributed by atoms with Crippen molar-refractivity contribution in [2.45, 2.75) is 32.2 Å². The maximum absolute atomic E-state index is 6.06. The molecule has 2 heteroatoms. The van der Waals surface area contributed by atoms with Crippen LogP contribution in [0.5, 0.6) is 0 Å². The fraction of sp³-hybridized carbons (Fsp3) is 0.417. The van der Waals surface area contributed by atoms with Crippen molar-refractivity contribution in [2.24, 2.45) is 5.73 Å². The van der Waals surface area contributed by atoms with Crippen molar-refractivity contribution in [1.29, 1.82) is 0 Å². The molecule has 0 saturated heterocycles. The van der Waals surface area contributed by atoms with Crippen LogP contribution in [0.3, 0.4) is 0 Å². The van der Waals surface area contributed by atoms with E-state index in [1.54, 1.807) is 6.20 Å². The molecule has 0 aliphatic rings. The Morgan fingerprint density at radius 3 is 3.07 bits per heavy atom. The van der Waals surface area contributed by atoms with Crippen LogP contribution < -0.4 is 5.73 Å². The molecule has 1 atom stereocenters. The third-order valence-electron chi connectivity index (χ3n) is 2.37. The van der Waals surface area contributed by atoms with Crippen LogP contribution in [0.1, 0.15) is 36.6 Å². The van der Waals surface area contributed by atoms with Crippen molar-refractivity contribution in [3.8, 4) is 0 Å². The Morgan fingerprint density at radius 2 is 2.43 bits per heavy atom. The molecule has 2 N–H and O–H groups in total. The minimum absolute atomic E-state index is 0.114. The standard InChI is InChI=1S/C12H18N2/c1-3-4-5-8-12(13)11-7-6-9-14-10(11)2/h3,6-7,9,12H,1,4-5,8,13H2,2H3. The number of hydrogen-bond acceptors (Lipinski definition) is 2. The van der Waals surface area contributed by atoms with Gasteiger partial charge in [-0.15, -0.1) is 6.58 Å². The second-order valence-corrected chi connectivity index (χ2v) is 3.50. The van der Waals surface area contributed by atoms with E-state index < -0.39 is 0 Å². The molecule has 0 radical (unpaired) electrons. The third kappa shape index (κ3) is 2.96. The van der Waals surface area contributed by atoms with Gasteiger partial charge in [0.1, 0.15) is 0 Å². The molecule has 0 spiro atoms. The lowest BCUT2D eigenvalue weighted by molar-refractivity contribution is 0.612. The predicted molar refractivity (Wildman–Crippen MR) is 60.0 cm³/mol. The molecule has 1 rings (SSSR count). The normalized spacial score (nSPS) is 12.4. The minimum Gasteiger partial charge on any atom is -0.324 e. The van der Waals surface area contributed by atoms with E-state index in [1.807, 2.05) is 19.1 Å². The Hall–Kier alpha value is -1.15. The SMILES string of the molecule is C=CCCCC(N)c1cccnc1C. The van der Waals surface area contributed by atoms with Gasteiger partial charge < -0.3 is 5.73 Å². The summed E-state index contributed by atoms with van der Waals surface area (Å²) in [5.41, 5.74) is 8.27. The zero-order valence-corrected chi connectivity index (χ0v) is 8.74. The summed E-state index contributed by atoms with van der Waals surface area (Å²) < 4.78 is 0. The fourth-order valence-electron chi connectivity index (χ4n) is 1.53. The molecule has 0 amide bonds. The van der Waals surface area contributed by atoms with E-state index in [9.17, 15) is 0 Å². The lowest BCUT2D eigenvalue weighted by atomic mass is 10.0. The van der Waals surface area contributed by atoms with Gasteiger partial charge >= 0.3 is 0 Å². The second-order valence-electron chi connectivity index (χ2n) is 3.50. The summed E-state index contributed by atoms with van der Waals surface area (Å²) in [5.74, 6) is 0. The molecule has 1 aromatic heterocycles. The Balaban J connectivity index is 2.55. The van der Waals surface area contributed by atoms with Gasteiger partial charge in [-0.25, -0.2) is 0 Å². The molecular weight excluding hydrogens is 172 g/mol. The van der Waals surface area contributed by atoms with Crippen molar-refractivity contribution in [2.75, 3.05) is 0 Å². The van der Waals surface area contributed by atoms with Crippen molar-refractivity contribution in [3.63, 3.8) is 0 Å². The smallest absolute Gasteiger partial charge is 0.0420 e. The monoisotopic (exact) mass is 190 g/mol. The zero-order chi connectivity index (χ0) is 10.4. The number of aryl methyl sites for hydroxylation is 1. The summed E-state index contributed by atoms with van der Waals surface area (Å²) in [6, 6.07) is 4.11. The number of nitrogens with zero attached hydrogens (tertiary/aromatic N) is 1. The van der Waals surface area contributed by atoms with E-state index in [4.69, 9.17) is 5.73 Å². The molecule has 0 bridgehead atoms. The van der Waals surface area contributed by atoms with Crippen LogP contribution in [-0.2, 0) is 0 Å². The summed E-state index contributed by atoms with van der Waals surface area (Å²) in [4.78, 5) is 4.23. The Morgan fingerprint density at radius 1 is 1.64 bits per heavy atom. The fourth-order valence-corrected chi connectivity index (χ4v) is 1.53. The van der Waals surface area contributed by atoms with Gasteiger partial charge in [0.15, 0.2) is 0 Å². The largest absolute Gasteiger partial charge is 0.324 e. The summed E-state index contributed by atoms with van der Waals surface area (Å²) in [5, 5.41) is 0. The lowest BCUT2D eigenvalue weighted by Crippen LogP contribution is -2.12. The molecule has 1 heterocycles. The molecule has 0 fully saturated rings. The van der Waals surface area contributed by atoms with E-state index in [-0.39, 0.29) is 6.04 Å². The maximum atomic E-state index is 6.06. The van der Waals surface area contributed by atoms with Gasteiger partial charge in [-0.05, 0) is 37.8 Å². The van der Waals surface area contributed by atoms with Crippen LogP contribution in [0, 0.1) is 6.92 Å². The highest BCUT2D eigenvalue weighted by molar-refractivity contribution is 5.21. The van der Waals surface area contributed by atoms with Gasteiger partial charge in [-0.2, -0.15) is 0 Å². The molecule has 0 aliphatic heterocycles. The molecule has 0 saturated carbocycles. The van der Waals surface area contributed by atoms with Crippen molar-refractivity contribution >= 4 is 0 Å². The van der Waals surface area contributed by atoms with E-state index in [0.717, 1.165) is 30.5 Å². The first-order valence-corrected chi connectivity index (χ1v) is 5.03. The number of allylic oxidation sites excluding steroid dienone is 1. The average molecular weight is 190 g/mol. The molecule has 14 heavy (non-hydrogen) atoms. The Labute approximate surface area is 85.9 Å². The zero-order valence-electron chi connectivity index (χ0n) is 8.74. The topological polar surface area (TPSA) is 38.9 Å². The van der Waals surface area contributed by atoms with Gasteiger partial charge in [0, 0.05) is 17.9 Å². The number of unbranched alkanes of at least 4 members (excludes halogenated alkanes) is 1. The van der Waals surface area contributed by atoms with Crippen molar-refractivity contribution < 1.29 is 0 Å². The molecule has 76 valence electrons. The molecule has 0 aliphatic carbocycles. The maximum Gasteiger partial charge on any atom is 0.0420 e. The average Bonchev–Trinajstić information content (AvgIpc) is 2.18. The van der Waals surface area contributed by atoms with Crippen LogP contribution in [0.25, 0.3) is 0 Å². The second kappa shape index (κ2) is 5.55. The van der Waals surface area contributed by atoms with E-state index in [0.29, 0.717) is 0 Å². The van der Waals surface area contributed by atoms with E-state index in [2.05, 4.69) is 17.6 Å². The first-order chi connectivity index (χ1) is 6.75. The number of hydrogen-bond donors (Lipinski definition) is 1. The number of nitrogens with two attached hydrogens (primary N) is 1. The van der Waals surface area contributed by atoms with E-state index in [1.165, 1.54) is 0 Å². The van der Waals surface area contributed by atoms with Crippen LogP contribution in [0.15, 0.2) is 31.0 Å². The Bertz CT molecular complexity index is 294. The summed E-state index contributed by atoms with van der Waals surface area (Å²) in [6.07, 6.45) is 6.86. The molecule has 1 aromatic rings. The molecule has 0 aromatic carbocycles. The highest BCUT2D eigenvalue weighted by Gasteiger charge is 2.07.